The van der Waals surface area contributed by atoms with Crippen molar-refractivity contribution in [3.05, 3.63) is 39.9 Å². The van der Waals surface area contributed by atoms with Crippen LogP contribution in [0.4, 0.5) is 5.69 Å². The number of aliphatic carboxylic acids is 2. The van der Waals surface area contributed by atoms with Gasteiger partial charge in [0.2, 0.25) is 0 Å². The van der Waals surface area contributed by atoms with Gasteiger partial charge in [-0.3, -0.25) is 34.4 Å². The molecule has 0 amide bonds. The van der Waals surface area contributed by atoms with Crippen LogP contribution in [0.3, 0.4) is 0 Å². The third kappa shape index (κ3) is 9.39. The van der Waals surface area contributed by atoms with Crippen LogP contribution in [-0.4, -0.2) is 119 Å². The molecule has 1 fully saturated rings. The van der Waals surface area contributed by atoms with Gasteiger partial charge in [-0.25, -0.2) is 0 Å². The first-order valence-electron chi connectivity index (χ1n) is 10.3. The number of hydrogen-bond acceptors (Lipinski definition) is 8. The molecule has 2 N–H and O–H groups in total. The van der Waals surface area contributed by atoms with E-state index in [9.17, 15) is 24.8 Å². The molecule has 0 unspecified atom stereocenters. The molecule has 0 atom stereocenters. The Labute approximate surface area is 181 Å². The summed E-state index contributed by atoms with van der Waals surface area (Å²) in [6.07, 6.45) is 0. The number of carbonyl (C=O) groups is 2. The Kier molecular flexibility index (Phi) is 9.79. The van der Waals surface area contributed by atoms with Crippen LogP contribution < -0.4 is 0 Å². The Balaban J connectivity index is 1.97. The average molecular weight is 437 g/mol. The number of nitro groups is 1. The molecule has 11 nitrogen and oxygen atoms in total. The summed E-state index contributed by atoms with van der Waals surface area (Å²) in [6, 6.07) is 6.13. The molecule has 0 spiro atoms. The molecular formula is C20H31N5O6. The Morgan fingerprint density at radius 2 is 1.58 bits per heavy atom. The van der Waals surface area contributed by atoms with Crippen molar-refractivity contribution in [3.8, 4) is 0 Å². The number of benzene rings is 1. The van der Waals surface area contributed by atoms with Crippen LogP contribution in [0, 0.1) is 10.1 Å². The number of non-ortho nitro benzene ring substituents is 1. The molecule has 0 saturated carbocycles. The molecular weight excluding hydrogens is 406 g/mol. The second-order valence-corrected chi connectivity index (χ2v) is 7.84. The van der Waals surface area contributed by atoms with Crippen molar-refractivity contribution in [2.75, 3.05) is 72.5 Å². The summed E-state index contributed by atoms with van der Waals surface area (Å²) in [5, 5.41) is 29.2. The van der Waals surface area contributed by atoms with E-state index < -0.39 is 16.9 Å². The van der Waals surface area contributed by atoms with Crippen molar-refractivity contribution in [2.24, 2.45) is 0 Å². The van der Waals surface area contributed by atoms with Gasteiger partial charge in [0.1, 0.15) is 0 Å². The second kappa shape index (κ2) is 12.3. The van der Waals surface area contributed by atoms with Gasteiger partial charge in [-0.2, -0.15) is 0 Å². The van der Waals surface area contributed by atoms with Gasteiger partial charge < -0.3 is 15.1 Å². The number of rotatable bonds is 10. The lowest BCUT2D eigenvalue weighted by Crippen LogP contribution is -2.42. The zero-order valence-corrected chi connectivity index (χ0v) is 17.9. The number of carboxylic acids is 2. The van der Waals surface area contributed by atoms with Crippen LogP contribution in [0.15, 0.2) is 24.3 Å². The fraction of sp³-hybridized carbons (Fsp3) is 0.600. The van der Waals surface area contributed by atoms with Crippen molar-refractivity contribution < 1.29 is 24.7 Å². The van der Waals surface area contributed by atoms with E-state index in [4.69, 9.17) is 5.11 Å². The summed E-state index contributed by atoms with van der Waals surface area (Å²) in [7, 11) is 2.01. The largest absolute Gasteiger partial charge is 0.480 e. The topological polar surface area (TPSA) is 131 Å². The van der Waals surface area contributed by atoms with Gasteiger partial charge in [-0.1, -0.05) is 12.1 Å². The lowest BCUT2D eigenvalue weighted by molar-refractivity contribution is -0.384. The van der Waals surface area contributed by atoms with Gasteiger partial charge in [0, 0.05) is 71.0 Å². The zero-order chi connectivity index (χ0) is 22.8. The molecule has 172 valence electrons. The minimum absolute atomic E-state index is 0.000247. The first kappa shape index (κ1) is 24.7. The minimum atomic E-state index is -0.932. The third-order valence-electron chi connectivity index (χ3n) is 5.33. The van der Waals surface area contributed by atoms with Crippen molar-refractivity contribution in [3.63, 3.8) is 0 Å². The molecule has 1 heterocycles. The highest BCUT2D eigenvalue weighted by Crippen LogP contribution is 2.13. The molecule has 1 saturated heterocycles. The highest BCUT2D eigenvalue weighted by molar-refractivity contribution is 5.69. The smallest absolute Gasteiger partial charge is 0.317 e. The van der Waals surface area contributed by atoms with E-state index in [1.165, 1.54) is 12.1 Å². The Bertz CT molecular complexity index is 744. The molecule has 11 heteroatoms. The fourth-order valence-electron chi connectivity index (χ4n) is 3.48. The molecule has 1 aliphatic heterocycles. The number of nitro benzene ring substituents is 1. The Morgan fingerprint density at radius 3 is 2.16 bits per heavy atom. The average Bonchev–Trinajstić information content (AvgIpc) is 2.78. The van der Waals surface area contributed by atoms with Crippen LogP contribution in [0.25, 0.3) is 0 Å². The first-order chi connectivity index (χ1) is 14.7. The van der Waals surface area contributed by atoms with Gasteiger partial charge in [-0.05, 0) is 12.6 Å². The second-order valence-electron chi connectivity index (χ2n) is 7.84. The minimum Gasteiger partial charge on any atom is -0.480 e. The quantitative estimate of drug-likeness (QED) is 0.384. The predicted octanol–water partition coefficient (Wildman–Crippen LogP) is 0.115. The van der Waals surface area contributed by atoms with Gasteiger partial charge in [0.15, 0.2) is 0 Å². The summed E-state index contributed by atoms with van der Waals surface area (Å²) >= 11 is 0. The zero-order valence-electron chi connectivity index (χ0n) is 17.9. The monoisotopic (exact) mass is 437 g/mol. The normalized spacial score (nSPS) is 17.1. The predicted molar refractivity (Wildman–Crippen MR) is 114 cm³/mol. The lowest BCUT2D eigenvalue weighted by atomic mass is 10.2. The number of likely N-dealkylation sites (N-methyl/N-ethyl adjacent to an activating group) is 1. The SMILES string of the molecule is CN1CCN(CCN(CC(=O)O)Cc2ccc([N+](=O)[O-])cc2)CCN(CC(=O)O)CC1. The van der Waals surface area contributed by atoms with E-state index in [-0.39, 0.29) is 18.8 Å². The van der Waals surface area contributed by atoms with Crippen molar-refractivity contribution in [2.45, 2.75) is 6.54 Å². The highest BCUT2D eigenvalue weighted by Gasteiger charge is 2.18. The maximum Gasteiger partial charge on any atom is 0.317 e. The molecule has 0 radical (unpaired) electrons. The van der Waals surface area contributed by atoms with Crippen molar-refractivity contribution in [1.82, 2.24) is 19.6 Å². The fourth-order valence-corrected chi connectivity index (χ4v) is 3.48. The maximum atomic E-state index is 11.3. The van der Waals surface area contributed by atoms with Gasteiger partial charge in [-0.15, -0.1) is 0 Å². The van der Waals surface area contributed by atoms with Crippen LogP contribution >= 0.6 is 0 Å². The molecule has 0 aliphatic carbocycles. The van der Waals surface area contributed by atoms with Crippen LogP contribution in [0.1, 0.15) is 5.56 Å². The van der Waals surface area contributed by atoms with E-state index in [1.807, 2.05) is 11.9 Å². The van der Waals surface area contributed by atoms with E-state index in [1.54, 1.807) is 17.0 Å². The van der Waals surface area contributed by atoms with E-state index in [0.29, 0.717) is 39.3 Å². The van der Waals surface area contributed by atoms with Gasteiger partial charge >= 0.3 is 11.9 Å². The standard InChI is InChI=1S/C20H31N5O6/c1-21-6-8-22(10-12-23(9-7-21)15-19(26)27)11-13-24(16-20(28)29)14-17-2-4-18(5-3-17)25(30)31/h2-5H,6-16H2,1H3,(H,26,27)(H,28,29). The summed E-state index contributed by atoms with van der Waals surface area (Å²) < 4.78 is 0. The molecule has 31 heavy (non-hydrogen) atoms. The van der Waals surface area contributed by atoms with E-state index in [0.717, 1.165) is 25.2 Å². The van der Waals surface area contributed by atoms with E-state index in [2.05, 4.69) is 9.80 Å². The Morgan fingerprint density at radius 1 is 1.00 bits per heavy atom. The number of hydrogen-bond donors (Lipinski definition) is 2. The molecule has 0 bridgehead atoms. The Hall–Kier alpha value is -2.60. The van der Waals surface area contributed by atoms with Crippen molar-refractivity contribution >= 4 is 17.6 Å². The van der Waals surface area contributed by atoms with Crippen LogP contribution in [0.5, 0.6) is 0 Å². The van der Waals surface area contributed by atoms with Gasteiger partial charge in [0.25, 0.3) is 5.69 Å². The summed E-state index contributed by atoms with van der Waals surface area (Å²) in [5.74, 6) is -1.78. The lowest BCUT2D eigenvalue weighted by Gasteiger charge is -2.28. The molecule has 1 aromatic rings. The molecule has 2 rings (SSSR count). The molecule has 1 aliphatic rings. The summed E-state index contributed by atoms with van der Waals surface area (Å²) in [5.41, 5.74) is 0.809. The number of nitrogens with zero attached hydrogens (tertiary/aromatic N) is 5. The summed E-state index contributed by atoms with van der Waals surface area (Å²) in [6.45, 7) is 5.93. The molecule has 0 aromatic heterocycles. The van der Waals surface area contributed by atoms with Crippen molar-refractivity contribution in [1.29, 1.82) is 0 Å². The van der Waals surface area contributed by atoms with Crippen LogP contribution in [0.2, 0.25) is 0 Å². The maximum absolute atomic E-state index is 11.3. The number of carboxylic acid groups (broad SMARTS) is 2. The van der Waals surface area contributed by atoms with Gasteiger partial charge in [0.05, 0.1) is 18.0 Å². The highest BCUT2D eigenvalue weighted by atomic mass is 16.6. The third-order valence-corrected chi connectivity index (χ3v) is 5.33. The first-order valence-corrected chi connectivity index (χ1v) is 10.3. The molecule has 1 aromatic carbocycles. The van der Waals surface area contributed by atoms with Crippen LogP contribution in [-0.2, 0) is 16.1 Å². The van der Waals surface area contributed by atoms with E-state index >= 15 is 0 Å². The summed E-state index contributed by atoms with van der Waals surface area (Å²) in [4.78, 5) is 40.9.